The van der Waals surface area contributed by atoms with Gasteiger partial charge in [0.25, 0.3) is 0 Å². The van der Waals surface area contributed by atoms with Crippen LogP contribution in [0.1, 0.15) is 43.2 Å². The Morgan fingerprint density at radius 3 is 1.87 bits per heavy atom. The molecule has 1 heterocycles. The van der Waals surface area contributed by atoms with Crippen LogP contribution in [0.3, 0.4) is 0 Å². The molecule has 10 aromatic rings. The first kappa shape index (κ1) is 38.1. The number of fused-ring (bicyclic) bond motifs is 9. The van der Waals surface area contributed by atoms with Gasteiger partial charge in [-0.25, -0.2) is 0 Å². The number of nitrogens with zero attached hydrogens (tertiary/aromatic N) is 1. The van der Waals surface area contributed by atoms with Crippen molar-refractivity contribution in [1.29, 1.82) is 0 Å². The van der Waals surface area contributed by atoms with E-state index in [-0.39, 0.29) is 5.41 Å². The van der Waals surface area contributed by atoms with Gasteiger partial charge in [0.05, 0.1) is 15.5 Å². The lowest BCUT2D eigenvalue weighted by Crippen LogP contribution is -2.55. The molecule has 0 atom stereocenters. The second kappa shape index (κ2) is 14.5. The molecular weight excluding hydrogens is 831 g/mol. The maximum absolute atomic E-state index is 6.88. The van der Waals surface area contributed by atoms with E-state index in [4.69, 9.17) is 4.74 Å². The smallest absolute Gasteiger partial charge is 0.142 e. The van der Waals surface area contributed by atoms with Gasteiger partial charge in [-0.2, -0.15) is 0 Å². The lowest BCUT2D eigenvalue weighted by molar-refractivity contribution is -0.0399. The van der Waals surface area contributed by atoms with E-state index in [1.54, 1.807) is 22.9 Å². The number of rotatable bonds is 5. The van der Waals surface area contributed by atoms with Gasteiger partial charge in [-0.15, -0.1) is 0 Å². The maximum atomic E-state index is 6.88. The third-order valence-corrected chi connectivity index (χ3v) is 17.8. The van der Waals surface area contributed by atoms with Crippen molar-refractivity contribution in [2.24, 2.45) is 23.7 Å². The van der Waals surface area contributed by atoms with E-state index in [0.717, 1.165) is 62.0 Å². The Bertz CT molecular complexity index is 3650. The van der Waals surface area contributed by atoms with E-state index in [9.17, 15) is 0 Å². The topological polar surface area (TPSA) is 12.5 Å². The molecule has 0 unspecified atom stereocenters. The van der Waals surface area contributed by atoms with Crippen LogP contribution < -0.4 is 9.64 Å². The number of hydrogen-bond donors (Lipinski definition) is 0. The van der Waals surface area contributed by atoms with Gasteiger partial charge in [0, 0.05) is 22.2 Å². The molecule has 2 nitrogen and oxygen atoms in total. The Labute approximate surface area is 395 Å². The lowest BCUT2D eigenvalue weighted by atomic mass is 9.43. The average Bonchev–Trinajstić information content (AvgIpc) is 3.67. The second-order valence-electron chi connectivity index (χ2n) is 20.0. The minimum atomic E-state index is 0.188. The van der Waals surface area contributed by atoms with E-state index in [2.05, 4.69) is 205 Å². The van der Waals surface area contributed by atoms with Crippen molar-refractivity contribution in [1.82, 2.24) is 0 Å². The molecule has 0 N–H and O–H groups in total. The molecule has 16 rings (SSSR count). The predicted octanol–water partition coefficient (Wildman–Crippen LogP) is 17.9. The van der Waals surface area contributed by atoms with Crippen molar-refractivity contribution in [2.45, 2.75) is 47.3 Å². The van der Waals surface area contributed by atoms with Crippen LogP contribution in [0.25, 0.3) is 65.7 Å². The van der Waals surface area contributed by atoms with Gasteiger partial charge in [0.2, 0.25) is 0 Å². The zero-order valence-electron chi connectivity index (χ0n) is 37.2. The molecule has 0 aromatic heterocycles. The van der Waals surface area contributed by atoms with E-state index in [1.165, 1.54) is 97.8 Å². The van der Waals surface area contributed by atoms with Gasteiger partial charge in [-0.3, -0.25) is 0 Å². The Morgan fingerprint density at radius 2 is 1.03 bits per heavy atom. The maximum Gasteiger partial charge on any atom is 0.142 e. The Hall–Kier alpha value is -7.07. The van der Waals surface area contributed by atoms with Crippen molar-refractivity contribution in [3.8, 4) is 44.9 Å². The minimum Gasteiger partial charge on any atom is -0.455 e. The summed E-state index contributed by atoms with van der Waals surface area (Å²) in [5.41, 5.74) is 14.6. The van der Waals surface area contributed by atoms with Crippen molar-refractivity contribution in [2.75, 3.05) is 4.90 Å². The van der Waals surface area contributed by atoms with Crippen LogP contribution in [0.4, 0.5) is 17.1 Å². The van der Waals surface area contributed by atoms with Gasteiger partial charge in [0.1, 0.15) is 11.5 Å². The van der Waals surface area contributed by atoms with Gasteiger partial charge in [-0.05, 0) is 182 Å². The number of anilines is 3. The van der Waals surface area contributed by atoms with Gasteiger partial charge >= 0.3 is 0 Å². The van der Waals surface area contributed by atoms with Crippen molar-refractivity contribution in [3.05, 3.63) is 211 Å². The molecule has 10 aromatic carbocycles. The zero-order chi connectivity index (χ0) is 43.8. The fourth-order valence-electron chi connectivity index (χ4n) is 14.1. The van der Waals surface area contributed by atoms with Gasteiger partial charge in [-0.1, -0.05) is 157 Å². The van der Waals surface area contributed by atoms with E-state index in [0.29, 0.717) is 0 Å². The summed E-state index contributed by atoms with van der Waals surface area (Å²) in [7, 11) is 0. The van der Waals surface area contributed by atoms with E-state index in [1.807, 2.05) is 0 Å². The van der Waals surface area contributed by atoms with Crippen molar-refractivity contribution < 1.29 is 4.74 Å². The molecule has 4 saturated carbocycles. The molecule has 5 aliphatic carbocycles. The van der Waals surface area contributed by atoms with Crippen molar-refractivity contribution >= 4 is 61.1 Å². The van der Waals surface area contributed by atoms with Gasteiger partial charge < -0.3 is 9.64 Å². The monoisotopic (exact) mass is 877 g/mol. The summed E-state index contributed by atoms with van der Waals surface area (Å²) in [6.45, 7) is 0. The van der Waals surface area contributed by atoms with E-state index < -0.39 is 0 Å². The first-order valence-corrected chi connectivity index (χ1v) is 25.1. The molecule has 67 heavy (non-hydrogen) atoms. The number of hydrogen-bond acceptors (Lipinski definition) is 3. The summed E-state index contributed by atoms with van der Waals surface area (Å²) in [5, 5.41) is 7.44. The normalized spacial score (nSPS) is 21.6. The Morgan fingerprint density at radius 1 is 0.403 bits per heavy atom. The summed E-state index contributed by atoms with van der Waals surface area (Å²) in [4.78, 5) is 4.67. The highest BCUT2D eigenvalue weighted by Gasteiger charge is 2.61. The first-order chi connectivity index (χ1) is 33.1. The molecule has 3 heteroatoms. The van der Waals surface area contributed by atoms with Crippen LogP contribution in [0.5, 0.6) is 11.5 Å². The molecule has 1 aliphatic heterocycles. The lowest BCUT2D eigenvalue weighted by Gasteiger charge is -2.61. The zero-order valence-corrected chi connectivity index (χ0v) is 38.0. The standard InChI is InChI=1S/C64H47NOS/c1-3-13-50-41(10-1)12-9-18-51(50)42-20-24-48(25-21-42)65(59-36-45-11-2-4-14-52(45)53-15-5-6-17-55(53)59)49-26-28-60-63(38-49)67-62-29-23-44(37-61(62)66-60)43-22-27-58-56(35-43)54-16-7-8-19-57(54)64(58)46-31-39-30-40(33-46)34-47(64)32-39/h1-29,35-40,46-47H,30-34H2. The molecule has 4 bridgehead atoms. The van der Waals surface area contributed by atoms with Crippen LogP contribution >= 0.6 is 11.8 Å². The fourth-order valence-corrected chi connectivity index (χ4v) is 15.1. The average molecular weight is 878 g/mol. The van der Waals surface area contributed by atoms with Crippen LogP contribution in [-0.2, 0) is 5.41 Å². The summed E-state index contributed by atoms with van der Waals surface area (Å²) >= 11 is 1.80. The summed E-state index contributed by atoms with van der Waals surface area (Å²) in [5.74, 6) is 5.23. The fraction of sp³-hybridized carbons (Fsp3) is 0.156. The molecule has 320 valence electrons. The third kappa shape index (κ3) is 5.65. The predicted molar refractivity (Wildman–Crippen MR) is 278 cm³/mol. The Kier molecular flexibility index (Phi) is 8.22. The first-order valence-electron chi connectivity index (χ1n) is 24.3. The Balaban J connectivity index is 0.799. The number of benzene rings is 10. The SMILES string of the molecule is c1ccc2c(c1)-c1cc(-c3ccc4c(c3)Oc3ccc(N(c5ccc(-c6cccc7ccccc67)cc5)c5cc6ccccc6c6ccccc56)cc3S4)ccc1C21C2CC3CC(C2)CC1C3. The van der Waals surface area contributed by atoms with Crippen LogP contribution in [0, 0.1) is 23.7 Å². The molecule has 0 saturated heterocycles. The minimum absolute atomic E-state index is 0.188. The highest BCUT2D eigenvalue weighted by atomic mass is 32.2. The quantitative estimate of drug-likeness (QED) is 0.160. The van der Waals surface area contributed by atoms with Crippen LogP contribution in [0.2, 0.25) is 0 Å². The van der Waals surface area contributed by atoms with Crippen LogP contribution in [-0.4, -0.2) is 0 Å². The highest BCUT2D eigenvalue weighted by molar-refractivity contribution is 7.99. The summed E-state index contributed by atoms with van der Waals surface area (Å²) in [6, 6.07) is 74.7. The van der Waals surface area contributed by atoms with Crippen LogP contribution in [0.15, 0.2) is 210 Å². The van der Waals surface area contributed by atoms with E-state index >= 15 is 0 Å². The third-order valence-electron chi connectivity index (χ3n) is 16.7. The van der Waals surface area contributed by atoms with Crippen molar-refractivity contribution in [3.63, 3.8) is 0 Å². The molecule has 1 spiro atoms. The molecule has 0 radical (unpaired) electrons. The largest absolute Gasteiger partial charge is 0.455 e. The summed E-state index contributed by atoms with van der Waals surface area (Å²) < 4.78 is 6.88. The number of ether oxygens (including phenoxy) is 1. The van der Waals surface area contributed by atoms with Gasteiger partial charge in [0.15, 0.2) is 0 Å². The molecule has 6 aliphatic rings. The molecular formula is C64H47NOS. The molecule has 4 fully saturated rings. The molecule has 0 amide bonds. The summed E-state index contributed by atoms with van der Waals surface area (Å²) in [6.07, 6.45) is 7.10. The highest BCUT2D eigenvalue weighted by Crippen LogP contribution is 2.69. The second-order valence-corrected chi connectivity index (χ2v) is 21.1.